The van der Waals surface area contributed by atoms with E-state index in [1.54, 1.807) is 18.2 Å². The fourth-order valence-electron chi connectivity index (χ4n) is 1.99. The zero-order valence-corrected chi connectivity index (χ0v) is 14.0. The molecule has 5 heteroatoms. The molecule has 0 N–H and O–H groups in total. The summed E-state index contributed by atoms with van der Waals surface area (Å²) in [7, 11) is 1.53. The van der Waals surface area contributed by atoms with Crippen molar-refractivity contribution in [3.05, 3.63) is 62.3 Å². The van der Waals surface area contributed by atoms with E-state index in [4.69, 9.17) is 27.9 Å². The molecule has 2 aromatic carbocycles. The number of benzene rings is 2. The predicted octanol–water partition coefficient (Wildman–Crippen LogP) is 5.89. The Kier molecular flexibility index (Phi) is 4.95. The number of rotatable bonds is 3. The van der Waals surface area contributed by atoms with E-state index in [9.17, 15) is 4.39 Å². The van der Waals surface area contributed by atoms with Gasteiger partial charge in [0.1, 0.15) is 11.6 Å². The molecule has 1 nitrogen and oxygen atoms in total. The van der Waals surface area contributed by atoms with E-state index in [1.807, 2.05) is 13.0 Å². The molecule has 106 valence electrons. The monoisotopic (exact) mass is 376 g/mol. The minimum absolute atomic E-state index is 0.344. The van der Waals surface area contributed by atoms with Crippen molar-refractivity contribution in [1.29, 1.82) is 0 Å². The third-order valence-electron chi connectivity index (χ3n) is 2.94. The molecule has 0 saturated carbocycles. The van der Waals surface area contributed by atoms with Gasteiger partial charge in [0, 0.05) is 16.1 Å². The van der Waals surface area contributed by atoms with Gasteiger partial charge in [0.05, 0.1) is 17.0 Å². The van der Waals surface area contributed by atoms with Crippen LogP contribution in [-0.2, 0) is 0 Å². The molecule has 2 aromatic rings. The highest BCUT2D eigenvalue weighted by atomic mass is 79.9. The van der Waals surface area contributed by atoms with Gasteiger partial charge in [-0.25, -0.2) is 4.39 Å². The Morgan fingerprint density at radius 3 is 2.50 bits per heavy atom. The van der Waals surface area contributed by atoms with Crippen LogP contribution in [0.25, 0.3) is 0 Å². The van der Waals surface area contributed by atoms with Crippen molar-refractivity contribution in [2.24, 2.45) is 0 Å². The molecular formula is C15H12BrCl2FO. The second kappa shape index (κ2) is 6.33. The summed E-state index contributed by atoms with van der Waals surface area (Å²) in [5.41, 5.74) is 1.86. The molecule has 0 saturated heterocycles. The topological polar surface area (TPSA) is 9.23 Å². The summed E-state index contributed by atoms with van der Waals surface area (Å²) in [6.45, 7) is 1.83. The van der Waals surface area contributed by atoms with Gasteiger partial charge in [-0.2, -0.15) is 0 Å². The van der Waals surface area contributed by atoms with Crippen molar-refractivity contribution in [3.8, 4) is 5.75 Å². The molecule has 0 bridgehead atoms. The molecule has 2 rings (SSSR count). The van der Waals surface area contributed by atoms with Crippen LogP contribution < -0.4 is 4.74 Å². The Bertz CT molecular complexity index is 646. The lowest BCUT2D eigenvalue weighted by atomic mass is 10.0. The fourth-order valence-corrected chi connectivity index (χ4v) is 3.32. The normalized spacial score (nSPS) is 12.3. The average Bonchev–Trinajstić information content (AvgIpc) is 2.37. The molecule has 1 atom stereocenters. The van der Waals surface area contributed by atoms with E-state index in [2.05, 4.69) is 15.9 Å². The third kappa shape index (κ3) is 3.11. The molecule has 20 heavy (non-hydrogen) atoms. The van der Waals surface area contributed by atoms with Crippen molar-refractivity contribution in [3.63, 3.8) is 0 Å². The predicted molar refractivity (Wildman–Crippen MR) is 84.5 cm³/mol. The highest BCUT2D eigenvalue weighted by molar-refractivity contribution is 9.10. The first-order valence-corrected chi connectivity index (χ1v) is 7.48. The summed E-state index contributed by atoms with van der Waals surface area (Å²) in [6, 6.07) is 8.34. The summed E-state index contributed by atoms with van der Waals surface area (Å²) in [5.74, 6) is 0.206. The van der Waals surface area contributed by atoms with Gasteiger partial charge in [0.2, 0.25) is 0 Å². The van der Waals surface area contributed by atoms with Gasteiger partial charge in [-0.05, 0) is 46.6 Å². The molecule has 0 aliphatic carbocycles. The zero-order valence-electron chi connectivity index (χ0n) is 10.9. The number of ether oxygens (including phenoxy) is 1. The van der Waals surface area contributed by atoms with Gasteiger partial charge >= 0.3 is 0 Å². The number of aryl methyl sites for hydroxylation is 1. The molecule has 1 unspecified atom stereocenters. The van der Waals surface area contributed by atoms with Gasteiger partial charge < -0.3 is 4.74 Å². The Morgan fingerprint density at radius 1 is 1.20 bits per heavy atom. The molecule has 0 amide bonds. The summed E-state index contributed by atoms with van der Waals surface area (Å²) < 4.78 is 20.1. The number of methoxy groups -OCH3 is 1. The maximum absolute atomic E-state index is 14.1. The summed E-state index contributed by atoms with van der Waals surface area (Å²) >= 11 is 15.8. The number of hydrogen-bond donors (Lipinski definition) is 0. The van der Waals surface area contributed by atoms with Crippen LogP contribution in [-0.4, -0.2) is 7.11 Å². The first-order chi connectivity index (χ1) is 9.43. The largest absolute Gasteiger partial charge is 0.495 e. The van der Waals surface area contributed by atoms with Crippen molar-refractivity contribution in [2.75, 3.05) is 7.11 Å². The Morgan fingerprint density at radius 2 is 1.90 bits per heavy atom. The van der Waals surface area contributed by atoms with Crippen LogP contribution in [0.5, 0.6) is 5.75 Å². The minimum atomic E-state index is -0.680. The van der Waals surface area contributed by atoms with Crippen molar-refractivity contribution in [1.82, 2.24) is 0 Å². The van der Waals surface area contributed by atoms with Crippen LogP contribution in [0.3, 0.4) is 0 Å². The lowest BCUT2D eigenvalue weighted by Crippen LogP contribution is -2.01. The van der Waals surface area contributed by atoms with Crippen molar-refractivity contribution < 1.29 is 9.13 Å². The molecule has 0 heterocycles. The van der Waals surface area contributed by atoms with Crippen LogP contribution in [0.4, 0.5) is 4.39 Å². The standard InChI is InChI=1S/C15H12BrCl2FO/c1-8-3-4-10(13(19)5-8)14(18)11-6-9(17)7-12(16)15(11)20-2/h3-7,14H,1-2H3. The van der Waals surface area contributed by atoms with Gasteiger partial charge in [0.25, 0.3) is 0 Å². The number of halogens is 4. The van der Waals surface area contributed by atoms with E-state index >= 15 is 0 Å². The van der Waals surface area contributed by atoms with Crippen molar-refractivity contribution in [2.45, 2.75) is 12.3 Å². The third-order valence-corrected chi connectivity index (χ3v) is 4.22. The molecule has 0 radical (unpaired) electrons. The van der Waals surface area contributed by atoms with Crippen LogP contribution in [0, 0.1) is 12.7 Å². The van der Waals surface area contributed by atoms with E-state index in [0.717, 1.165) is 5.56 Å². The average molecular weight is 378 g/mol. The quantitative estimate of drug-likeness (QED) is 0.606. The smallest absolute Gasteiger partial charge is 0.138 e. The summed E-state index contributed by atoms with van der Waals surface area (Å²) in [6.07, 6.45) is 0. The van der Waals surface area contributed by atoms with Crippen LogP contribution in [0.2, 0.25) is 5.02 Å². The van der Waals surface area contributed by atoms with Gasteiger partial charge in [0.15, 0.2) is 0 Å². The zero-order chi connectivity index (χ0) is 14.9. The van der Waals surface area contributed by atoms with Gasteiger partial charge in [-0.15, -0.1) is 11.6 Å². The molecule has 0 aromatic heterocycles. The number of hydrogen-bond acceptors (Lipinski definition) is 1. The van der Waals surface area contributed by atoms with E-state index < -0.39 is 5.38 Å². The van der Waals surface area contributed by atoms with Crippen LogP contribution in [0.15, 0.2) is 34.8 Å². The van der Waals surface area contributed by atoms with E-state index in [0.29, 0.717) is 26.4 Å². The first-order valence-electron chi connectivity index (χ1n) is 5.87. The summed E-state index contributed by atoms with van der Waals surface area (Å²) in [4.78, 5) is 0. The van der Waals surface area contributed by atoms with E-state index in [-0.39, 0.29) is 5.82 Å². The molecule has 0 aliphatic heterocycles. The Labute approximate surface area is 135 Å². The highest BCUT2D eigenvalue weighted by Crippen LogP contribution is 2.41. The molecular weight excluding hydrogens is 366 g/mol. The first kappa shape index (κ1) is 15.6. The second-order valence-electron chi connectivity index (χ2n) is 4.40. The van der Waals surface area contributed by atoms with E-state index in [1.165, 1.54) is 13.2 Å². The Balaban J connectivity index is 2.55. The lowest BCUT2D eigenvalue weighted by molar-refractivity contribution is 0.407. The second-order valence-corrected chi connectivity index (χ2v) is 6.12. The van der Waals surface area contributed by atoms with Gasteiger partial charge in [-0.3, -0.25) is 0 Å². The van der Waals surface area contributed by atoms with Gasteiger partial charge in [-0.1, -0.05) is 23.7 Å². The maximum Gasteiger partial charge on any atom is 0.138 e. The van der Waals surface area contributed by atoms with Crippen molar-refractivity contribution >= 4 is 39.1 Å². The SMILES string of the molecule is COc1c(Br)cc(Cl)cc1C(Cl)c1ccc(C)cc1F. The maximum atomic E-state index is 14.1. The molecule has 0 fully saturated rings. The minimum Gasteiger partial charge on any atom is -0.495 e. The lowest BCUT2D eigenvalue weighted by Gasteiger charge is -2.17. The van der Waals surface area contributed by atoms with Crippen LogP contribution >= 0.6 is 39.1 Å². The molecule has 0 aliphatic rings. The summed E-state index contributed by atoms with van der Waals surface area (Å²) in [5, 5.41) is -0.175. The number of alkyl halides is 1. The Hall–Kier alpha value is -0.770. The van der Waals surface area contributed by atoms with Crippen LogP contribution in [0.1, 0.15) is 22.1 Å². The highest BCUT2D eigenvalue weighted by Gasteiger charge is 2.21. The fraction of sp³-hybridized carbons (Fsp3) is 0.200. The molecule has 0 spiro atoms.